The van der Waals surface area contributed by atoms with Gasteiger partial charge in [0.1, 0.15) is 11.5 Å². The molecule has 3 aromatic carbocycles. The molecule has 4 aromatic rings. The number of benzene rings is 3. The molecule has 0 fully saturated rings. The van der Waals surface area contributed by atoms with Crippen LogP contribution in [0, 0.1) is 0 Å². The van der Waals surface area contributed by atoms with Crippen LogP contribution in [0.4, 0.5) is 0 Å². The maximum Gasteiger partial charge on any atom is 0.335 e. The van der Waals surface area contributed by atoms with Crippen LogP contribution in [0.25, 0.3) is 10.9 Å². The third-order valence-electron chi connectivity index (χ3n) is 4.88. The van der Waals surface area contributed by atoms with E-state index in [9.17, 15) is 20.1 Å². The van der Waals surface area contributed by atoms with Crippen LogP contribution < -0.4 is 0 Å². The smallest absolute Gasteiger partial charge is 0.335 e. The van der Waals surface area contributed by atoms with Crippen molar-refractivity contribution in [1.29, 1.82) is 0 Å². The Kier molecular flexibility index (Phi) is 4.49. The minimum atomic E-state index is -0.959. The topological polar surface area (TPSA) is 93.5 Å². The lowest BCUT2D eigenvalue weighted by Gasteiger charge is -2.07. The average molecular weight is 373 g/mol. The molecule has 0 saturated heterocycles. The molecule has 5 heteroatoms. The Morgan fingerprint density at radius 3 is 1.93 bits per heavy atom. The lowest BCUT2D eigenvalue weighted by Crippen LogP contribution is -1.97. The van der Waals surface area contributed by atoms with Gasteiger partial charge in [-0.15, -0.1) is 0 Å². The molecule has 4 rings (SSSR count). The summed E-state index contributed by atoms with van der Waals surface area (Å²) in [5, 5.41) is 29.3. The first-order chi connectivity index (χ1) is 13.5. The highest BCUT2D eigenvalue weighted by Gasteiger charge is 2.15. The molecule has 0 radical (unpaired) electrons. The number of aromatic amines is 1. The van der Waals surface area contributed by atoms with E-state index in [2.05, 4.69) is 4.98 Å². The summed E-state index contributed by atoms with van der Waals surface area (Å²) in [6, 6.07) is 19.1. The van der Waals surface area contributed by atoms with Gasteiger partial charge in [-0.05, 0) is 65.6 Å². The van der Waals surface area contributed by atoms with E-state index in [1.165, 1.54) is 0 Å². The maximum absolute atomic E-state index is 11.4. The monoisotopic (exact) mass is 373 g/mol. The molecule has 0 unspecified atom stereocenters. The fourth-order valence-corrected chi connectivity index (χ4v) is 3.43. The van der Waals surface area contributed by atoms with Gasteiger partial charge in [0.2, 0.25) is 0 Å². The zero-order valence-electron chi connectivity index (χ0n) is 15.0. The summed E-state index contributed by atoms with van der Waals surface area (Å²) in [4.78, 5) is 14.8. The lowest BCUT2D eigenvalue weighted by molar-refractivity contribution is 0.0697. The SMILES string of the molecule is O=C(O)c1ccc2[nH]c(Cc3ccc(O)cc3)c(Cc3ccc(O)cc3)c2c1. The minimum absolute atomic E-state index is 0.208. The molecule has 0 aliphatic heterocycles. The van der Waals surface area contributed by atoms with Crippen molar-refractivity contribution < 1.29 is 20.1 Å². The first kappa shape index (κ1) is 17.7. The number of phenols is 2. The van der Waals surface area contributed by atoms with E-state index in [1.54, 1.807) is 42.5 Å². The van der Waals surface area contributed by atoms with Gasteiger partial charge in [-0.1, -0.05) is 24.3 Å². The van der Waals surface area contributed by atoms with Crippen molar-refractivity contribution in [2.24, 2.45) is 0 Å². The summed E-state index contributed by atoms with van der Waals surface area (Å²) < 4.78 is 0. The standard InChI is InChI=1S/C23H19NO4/c25-17-6-1-14(2-7-17)11-19-20-13-16(23(27)28)5-10-21(20)24-22(19)12-15-3-8-18(26)9-4-15/h1-10,13,24-26H,11-12H2,(H,27,28). The normalized spacial score (nSPS) is 11.0. The first-order valence-corrected chi connectivity index (χ1v) is 8.92. The number of carboxylic acids is 1. The first-order valence-electron chi connectivity index (χ1n) is 8.92. The number of aromatic carboxylic acids is 1. The van der Waals surface area contributed by atoms with Gasteiger partial charge in [0.05, 0.1) is 5.56 Å². The van der Waals surface area contributed by atoms with Gasteiger partial charge in [0, 0.05) is 23.0 Å². The second kappa shape index (κ2) is 7.12. The van der Waals surface area contributed by atoms with Gasteiger partial charge in [-0.25, -0.2) is 4.79 Å². The molecule has 0 atom stereocenters. The molecule has 0 spiro atoms. The van der Waals surface area contributed by atoms with Crippen LogP contribution >= 0.6 is 0 Å². The average Bonchev–Trinajstić information content (AvgIpc) is 3.01. The molecular weight excluding hydrogens is 354 g/mol. The summed E-state index contributed by atoms with van der Waals surface area (Å²) in [6.07, 6.45) is 1.24. The van der Waals surface area contributed by atoms with Gasteiger partial charge >= 0.3 is 5.97 Å². The minimum Gasteiger partial charge on any atom is -0.508 e. The number of carboxylic acid groups (broad SMARTS) is 1. The zero-order chi connectivity index (χ0) is 19.7. The number of hydrogen-bond acceptors (Lipinski definition) is 3. The van der Waals surface area contributed by atoms with Crippen molar-refractivity contribution >= 4 is 16.9 Å². The second-order valence-electron chi connectivity index (χ2n) is 6.83. The number of H-pyrrole nitrogens is 1. The van der Waals surface area contributed by atoms with Gasteiger partial charge in [-0.2, -0.15) is 0 Å². The molecule has 140 valence electrons. The summed E-state index contributed by atoms with van der Waals surface area (Å²) in [6.45, 7) is 0. The van der Waals surface area contributed by atoms with E-state index in [0.717, 1.165) is 33.3 Å². The molecule has 1 heterocycles. The van der Waals surface area contributed by atoms with Gasteiger partial charge in [0.15, 0.2) is 0 Å². The van der Waals surface area contributed by atoms with E-state index >= 15 is 0 Å². The highest BCUT2D eigenvalue weighted by atomic mass is 16.4. The molecule has 0 aliphatic rings. The van der Waals surface area contributed by atoms with Crippen LogP contribution in [0.15, 0.2) is 66.7 Å². The lowest BCUT2D eigenvalue weighted by atomic mass is 9.97. The van der Waals surface area contributed by atoms with Crippen molar-refractivity contribution in [3.63, 3.8) is 0 Å². The molecule has 0 saturated carbocycles. The predicted molar refractivity (Wildman–Crippen MR) is 107 cm³/mol. The highest BCUT2D eigenvalue weighted by molar-refractivity contribution is 5.95. The van der Waals surface area contributed by atoms with Crippen molar-refractivity contribution in [3.05, 3.63) is 94.7 Å². The van der Waals surface area contributed by atoms with E-state index in [-0.39, 0.29) is 17.1 Å². The van der Waals surface area contributed by atoms with Gasteiger partial charge < -0.3 is 20.3 Å². The molecule has 0 aliphatic carbocycles. The van der Waals surface area contributed by atoms with Gasteiger partial charge in [-0.3, -0.25) is 0 Å². The van der Waals surface area contributed by atoms with Crippen LogP contribution in [0.5, 0.6) is 11.5 Å². The van der Waals surface area contributed by atoms with E-state index < -0.39 is 5.97 Å². The van der Waals surface area contributed by atoms with Crippen LogP contribution in [-0.2, 0) is 12.8 Å². The predicted octanol–water partition coefficient (Wildman–Crippen LogP) is 4.46. The quantitative estimate of drug-likeness (QED) is 0.415. The third-order valence-corrected chi connectivity index (χ3v) is 4.88. The molecule has 5 nitrogen and oxygen atoms in total. The number of carbonyl (C=O) groups is 1. The fourth-order valence-electron chi connectivity index (χ4n) is 3.43. The van der Waals surface area contributed by atoms with Crippen LogP contribution in [0.2, 0.25) is 0 Å². The third kappa shape index (κ3) is 3.55. The Morgan fingerprint density at radius 2 is 1.36 bits per heavy atom. The number of fused-ring (bicyclic) bond motifs is 1. The Hall–Kier alpha value is -3.73. The summed E-state index contributed by atoms with van der Waals surface area (Å²) in [5.74, 6) is -0.533. The van der Waals surface area contributed by atoms with Crippen LogP contribution in [-0.4, -0.2) is 26.3 Å². The summed E-state index contributed by atoms with van der Waals surface area (Å²) in [5.41, 5.74) is 5.21. The molecule has 1 aromatic heterocycles. The van der Waals surface area contributed by atoms with Crippen LogP contribution in [0.3, 0.4) is 0 Å². The zero-order valence-corrected chi connectivity index (χ0v) is 15.0. The van der Waals surface area contributed by atoms with Crippen molar-refractivity contribution in [3.8, 4) is 11.5 Å². The van der Waals surface area contributed by atoms with Crippen LogP contribution in [0.1, 0.15) is 32.7 Å². The molecule has 28 heavy (non-hydrogen) atoms. The van der Waals surface area contributed by atoms with E-state index in [0.29, 0.717) is 12.8 Å². The number of nitrogens with one attached hydrogen (secondary N) is 1. The molecule has 0 bridgehead atoms. The van der Waals surface area contributed by atoms with E-state index in [1.807, 2.05) is 24.3 Å². The van der Waals surface area contributed by atoms with Crippen molar-refractivity contribution in [2.75, 3.05) is 0 Å². The summed E-state index contributed by atoms with van der Waals surface area (Å²) >= 11 is 0. The fraction of sp³-hybridized carbons (Fsp3) is 0.0870. The van der Waals surface area contributed by atoms with Gasteiger partial charge in [0.25, 0.3) is 0 Å². The second-order valence-corrected chi connectivity index (χ2v) is 6.83. The van der Waals surface area contributed by atoms with Crippen molar-refractivity contribution in [1.82, 2.24) is 4.98 Å². The molecule has 4 N–H and O–H groups in total. The Morgan fingerprint density at radius 1 is 0.786 bits per heavy atom. The Labute approximate surface area is 161 Å². The molecule has 0 amide bonds. The number of phenolic OH excluding ortho intramolecular Hbond substituents is 2. The Balaban J connectivity index is 1.81. The Bertz CT molecular complexity index is 1140. The molecular formula is C23H19NO4. The van der Waals surface area contributed by atoms with Crippen molar-refractivity contribution in [2.45, 2.75) is 12.8 Å². The number of hydrogen-bond donors (Lipinski definition) is 4. The maximum atomic E-state index is 11.4. The van der Waals surface area contributed by atoms with E-state index in [4.69, 9.17) is 0 Å². The number of aromatic nitrogens is 1. The number of rotatable bonds is 5. The summed E-state index contributed by atoms with van der Waals surface area (Å²) in [7, 11) is 0. The highest BCUT2D eigenvalue weighted by Crippen LogP contribution is 2.29. The number of aromatic hydroxyl groups is 2. The largest absolute Gasteiger partial charge is 0.508 e.